The van der Waals surface area contributed by atoms with Crippen LogP contribution in [0.15, 0.2) is 17.5 Å². The smallest absolute Gasteiger partial charge is 0.245 e. The molecule has 0 radical (unpaired) electrons. The van der Waals surface area contributed by atoms with Gasteiger partial charge in [0.2, 0.25) is 5.91 Å². The van der Waals surface area contributed by atoms with Gasteiger partial charge in [-0.15, -0.1) is 11.3 Å². The van der Waals surface area contributed by atoms with E-state index >= 15 is 0 Å². The van der Waals surface area contributed by atoms with Crippen LogP contribution < -0.4 is 5.32 Å². The van der Waals surface area contributed by atoms with Crippen molar-refractivity contribution in [1.82, 2.24) is 10.2 Å². The van der Waals surface area contributed by atoms with E-state index in [1.54, 1.807) is 0 Å². The number of aliphatic hydroxyl groups excluding tert-OH is 1. The van der Waals surface area contributed by atoms with Gasteiger partial charge in [-0.3, -0.25) is 9.69 Å². The molecule has 100 valence electrons. The van der Waals surface area contributed by atoms with Crippen molar-refractivity contribution < 1.29 is 9.90 Å². The Labute approximate surface area is 112 Å². The molecule has 0 aliphatic carbocycles. The predicted octanol–water partition coefficient (Wildman–Crippen LogP) is 1.07. The third-order valence-electron chi connectivity index (χ3n) is 3.40. The first kappa shape index (κ1) is 13.5. The number of likely N-dealkylation sites (tertiary alicyclic amines) is 1. The van der Waals surface area contributed by atoms with E-state index in [1.165, 1.54) is 4.88 Å². The summed E-state index contributed by atoms with van der Waals surface area (Å²) in [4.78, 5) is 14.8. The molecule has 4 nitrogen and oxygen atoms in total. The van der Waals surface area contributed by atoms with E-state index in [-0.39, 0.29) is 5.91 Å². The summed E-state index contributed by atoms with van der Waals surface area (Å²) in [6.07, 6.45) is 2.24. The standard InChI is InChI=1S/C13H20N2O2S/c16-10-13(17)14-8-11-3-5-15(6-4-11)9-12-2-1-7-18-12/h1-2,7,11,16H,3-6,8-10H2,(H,14,17). The van der Waals surface area contributed by atoms with Gasteiger partial charge in [0.1, 0.15) is 6.61 Å². The number of carbonyl (C=O) groups is 1. The van der Waals surface area contributed by atoms with Crippen molar-refractivity contribution in [1.29, 1.82) is 0 Å². The number of hydrogen-bond acceptors (Lipinski definition) is 4. The molecule has 5 heteroatoms. The van der Waals surface area contributed by atoms with Crippen molar-refractivity contribution in [3.63, 3.8) is 0 Å². The number of amides is 1. The quantitative estimate of drug-likeness (QED) is 0.840. The average Bonchev–Trinajstić information content (AvgIpc) is 2.90. The first-order valence-corrected chi connectivity index (χ1v) is 7.28. The molecular weight excluding hydrogens is 248 g/mol. The second-order valence-corrected chi connectivity index (χ2v) is 5.79. The fourth-order valence-corrected chi connectivity index (χ4v) is 3.03. The van der Waals surface area contributed by atoms with E-state index in [0.717, 1.165) is 32.5 Å². The number of thiophene rings is 1. The van der Waals surface area contributed by atoms with E-state index in [2.05, 4.69) is 27.7 Å². The molecule has 0 unspecified atom stereocenters. The number of piperidine rings is 1. The van der Waals surface area contributed by atoms with Crippen molar-refractivity contribution in [2.24, 2.45) is 5.92 Å². The molecule has 1 saturated heterocycles. The summed E-state index contributed by atoms with van der Waals surface area (Å²) < 4.78 is 0. The van der Waals surface area contributed by atoms with Crippen LogP contribution in [0.2, 0.25) is 0 Å². The number of hydrogen-bond donors (Lipinski definition) is 2. The number of carbonyl (C=O) groups excluding carboxylic acids is 1. The fraction of sp³-hybridized carbons (Fsp3) is 0.615. The number of nitrogens with zero attached hydrogens (tertiary/aromatic N) is 1. The monoisotopic (exact) mass is 268 g/mol. The molecule has 0 atom stereocenters. The summed E-state index contributed by atoms with van der Waals surface area (Å²) >= 11 is 1.81. The summed E-state index contributed by atoms with van der Waals surface area (Å²) in [6, 6.07) is 4.27. The zero-order valence-corrected chi connectivity index (χ0v) is 11.3. The molecule has 2 rings (SSSR count). The largest absolute Gasteiger partial charge is 0.387 e. The Kier molecular flexibility index (Phi) is 5.16. The number of aliphatic hydroxyl groups is 1. The average molecular weight is 268 g/mol. The lowest BCUT2D eigenvalue weighted by atomic mass is 9.97. The van der Waals surface area contributed by atoms with Crippen LogP contribution in [-0.4, -0.2) is 42.2 Å². The Morgan fingerprint density at radius 2 is 2.28 bits per heavy atom. The van der Waals surface area contributed by atoms with Crippen LogP contribution in [0.5, 0.6) is 0 Å². The first-order valence-electron chi connectivity index (χ1n) is 6.40. The summed E-state index contributed by atoms with van der Waals surface area (Å²) in [5.74, 6) is 0.288. The Morgan fingerprint density at radius 1 is 1.50 bits per heavy atom. The summed E-state index contributed by atoms with van der Waals surface area (Å²) in [5.41, 5.74) is 0. The summed E-state index contributed by atoms with van der Waals surface area (Å²) in [7, 11) is 0. The van der Waals surface area contributed by atoms with Crippen LogP contribution in [-0.2, 0) is 11.3 Å². The summed E-state index contributed by atoms with van der Waals surface area (Å²) in [6.45, 7) is 3.53. The number of rotatable bonds is 5. The van der Waals surface area contributed by atoms with Gasteiger partial charge < -0.3 is 10.4 Å². The molecule has 1 aliphatic heterocycles. The van der Waals surface area contributed by atoms with Crippen molar-refractivity contribution in [2.45, 2.75) is 19.4 Å². The van der Waals surface area contributed by atoms with Gasteiger partial charge in [-0.25, -0.2) is 0 Å². The van der Waals surface area contributed by atoms with Gasteiger partial charge in [0.05, 0.1) is 0 Å². The van der Waals surface area contributed by atoms with Crippen molar-refractivity contribution in [3.05, 3.63) is 22.4 Å². The highest BCUT2D eigenvalue weighted by atomic mass is 32.1. The van der Waals surface area contributed by atoms with Gasteiger partial charge in [-0.1, -0.05) is 6.07 Å². The Bertz CT molecular complexity index is 359. The van der Waals surface area contributed by atoms with Crippen LogP contribution in [0, 0.1) is 5.92 Å². The van der Waals surface area contributed by atoms with Crippen LogP contribution in [0.1, 0.15) is 17.7 Å². The Morgan fingerprint density at radius 3 is 2.89 bits per heavy atom. The molecule has 1 aromatic rings. The topological polar surface area (TPSA) is 52.6 Å². The lowest BCUT2D eigenvalue weighted by molar-refractivity contribution is -0.124. The Balaban J connectivity index is 1.66. The van der Waals surface area contributed by atoms with Crippen LogP contribution in [0.25, 0.3) is 0 Å². The van der Waals surface area contributed by atoms with E-state index in [0.29, 0.717) is 12.5 Å². The molecule has 18 heavy (non-hydrogen) atoms. The molecule has 1 aromatic heterocycles. The van der Waals surface area contributed by atoms with Gasteiger partial charge in [0, 0.05) is 18.0 Å². The zero-order chi connectivity index (χ0) is 12.8. The normalized spacial score (nSPS) is 17.8. The zero-order valence-electron chi connectivity index (χ0n) is 10.5. The third-order valence-corrected chi connectivity index (χ3v) is 4.26. The van der Waals surface area contributed by atoms with Crippen molar-refractivity contribution >= 4 is 17.2 Å². The minimum atomic E-state index is -0.406. The Hall–Kier alpha value is -0.910. The first-order chi connectivity index (χ1) is 8.78. The third kappa shape index (κ3) is 4.08. The minimum Gasteiger partial charge on any atom is -0.387 e. The lowest BCUT2D eigenvalue weighted by Crippen LogP contribution is -2.38. The minimum absolute atomic E-state index is 0.268. The highest BCUT2D eigenvalue weighted by Gasteiger charge is 2.19. The maximum atomic E-state index is 11.0. The highest BCUT2D eigenvalue weighted by Crippen LogP contribution is 2.20. The van der Waals surface area contributed by atoms with E-state index in [9.17, 15) is 4.79 Å². The van der Waals surface area contributed by atoms with Gasteiger partial charge >= 0.3 is 0 Å². The second kappa shape index (κ2) is 6.87. The van der Waals surface area contributed by atoms with E-state index < -0.39 is 6.61 Å². The second-order valence-electron chi connectivity index (χ2n) is 4.76. The van der Waals surface area contributed by atoms with Crippen molar-refractivity contribution in [3.8, 4) is 0 Å². The van der Waals surface area contributed by atoms with Crippen LogP contribution in [0.4, 0.5) is 0 Å². The molecular formula is C13H20N2O2S. The molecule has 0 spiro atoms. The number of nitrogens with one attached hydrogen (secondary N) is 1. The van der Waals surface area contributed by atoms with E-state index in [4.69, 9.17) is 5.11 Å². The van der Waals surface area contributed by atoms with Crippen LogP contribution >= 0.6 is 11.3 Å². The van der Waals surface area contributed by atoms with Gasteiger partial charge in [-0.2, -0.15) is 0 Å². The molecule has 0 bridgehead atoms. The molecule has 1 aliphatic rings. The van der Waals surface area contributed by atoms with E-state index in [1.807, 2.05) is 11.3 Å². The van der Waals surface area contributed by atoms with Crippen LogP contribution in [0.3, 0.4) is 0 Å². The fourth-order valence-electron chi connectivity index (χ4n) is 2.29. The van der Waals surface area contributed by atoms with Crippen molar-refractivity contribution in [2.75, 3.05) is 26.2 Å². The lowest BCUT2D eigenvalue weighted by Gasteiger charge is -2.31. The van der Waals surface area contributed by atoms with Gasteiger partial charge in [0.25, 0.3) is 0 Å². The highest BCUT2D eigenvalue weighted by molar-refractivity contribution is 7.09. The molecule has 1 fully saturated rings. The SMILES string of the molecule is O=C(CO)NCC1CCN(Cc2cccs2)CC1. The van der Waals surface area contributed by atoms with Gasteiger partial charge in [0.15, 0.2) is 0 Å². The molecule has 0 aromatic carbocycles. The molecule has 2 N–H and O–H groups in total. The van der Waals surface area contributed by atoms with Gasteiger partial charge in [-0.05, 0) is 43.3 Å². The molecule has 0 saturated carbocycles. The molecule has 1 amide bonds. The predicted molar refractivity (Wildman–Crippen MR) is 72.4 cm³/mol. The summed E-state index contributed by atoms with van der Waals surface area (Å²) in [5, 5.41) is 13.5. The molecule has 2 heterocycles. The maximum Gasteiger partial charge on any atom is 0.245 e. The maximum absolute atomic E-state index is 11.0.